The molecule has 0 saturated heterocycles. The number of anilines is 2. The second kappa shape index (κ2) is 8.59. The minimum absolute atomic E-state index is 0.00333. The van der Waals surface area contributed by atoms with Gasteiger partial charge in [-0.2, -0.15) is 0 Å². The van der Waals surface area contributed by atoms with Gasteiger partial charge in [-0.3, -0.25) is 24.1 Å². The number of aryl methyl sites for hydroxylation is 1. The summed E-state index contributed by atoms with van der Waals surface area (Å²) >= 11 is 0. The molecule has 7 nitrogen and oxygen atoms in total. The molecule has 34 heavy (non-hydrogen) atoms. The van der Waals surface area contributed by atoms with E-state index in [1.54, 1.807) is 24.0 Å². The molecule has 5 rings (SSSR count). The van der Waals surface area contributed by atoms with Crippen molar-refractivity contribution in [3.8, 4) is 0 Å². The number of fused-ring (bicyclic) bond motifs is 2. The van der Waals surface area contributed by atoms with Crippen molar-refractivity contribution in [3.63, 3.8) is 0 Å². The van der Waals surface area contributed by atoms with Crippen LogP contribution in [0.15, 0.2) is 66.7 Å². The molecule has 170 valence electrons. The molecule has 4 amide bonds. The van der Waals surface area contributed by atoms with Gasteiger partial charge >= 0.3 is 0 Å². The highest BCUT2D eigenvalue weighted by molar-refractivity contribution is 6.22. The SMILES string of the molecule is CC(=O)N1CCCc2cc(NC(=O)c3ccc4c(c3)C(=O)N(Cc3ccccc3)C4=O)ccc21. The summed E-state index contributed by atoms with van der Waals surface area (Å²) in [5, 5.41) is 2.87. The lowest BCUT2D eigenvalue weighted by molar-refractivity contribution is -0.116. The zero-order valence-electron chi connectivity index (χ0n) is 18.7. The van der Waals surface area contributed by atoms with Crippen LogP contribution in [-0.4, -0.2) is 35.1 Å². The summed E-state index contributed by atoms with van der Waals surface area (Å²) < 4.78 is 0. The van der Waals surface area contributed by atoms with Crippen molar-refractivity contribution in [3.05, 3.63) is 94.5 Å². The van der Waals surface area contributed by atoms with Crippen molar-refractivity contribution in [2.45, 2.75) is 26.3 Å². The van der Waals surface area contributed by atoms with E-state index >= 15 is 0 Å². The normalized spacial score (nSPS) is 14.6. The van der Waals surface area contributed by atoms with Crippen LogP contribution in [0.3, 0.4) is 0 Å². The average molecular weight is 453 g/mol. The number of hydrogen-bond donors (Lipinski definition) is 1. The Labute approximate surface area is 197 Å². The molecule has 3 aromatic carbocycles. The molecule has 0 fully saturated rings. The first kappa shape index (κ1) is 21.6. The van der Waals surface area contributed by atoms with E-state index in [9.17, 15) is 19.2 Å². The topological polar surface area (TPSA) is 86.8 Å². The fourth-order valence-corrected chi connectivity index (χ4v) is 4.55. The van der Waals surface area contributed by atoms with Crippen molar-refractivity contribution in [2.75, 3.05) is 16.8 Å². The first-order valence-corrected chi connectivity index (χ1v) is 11.2. The van der Waals surface area contributed by atoms with Crippen LogP contribution in [0.2, 0.25) is 0 Å². The largest absolute Gasteiger partial charge is 0.322 e. The summed E-state index contributed by atoms with van der Waals surface area (Å²) in [6.07, 6.45) is 1.69. The number of hydrogen-bond acceptors (Lipinski definition) is 4. The average Bonchev–Trinajstić information content (AvgIpc) is 3.08. The third kappa shape index (κ3) is 3.85. The third-order valence-corrected chi connectivity index (χ3v) is 6.25. The van der Waals surface area contributed by atoms with Gasteiger partial charge in [0, 0.05) is 30.4 Å². The highest BCUT2D eigenvalue weighted by Crippen LogP contribution is 2.30. The Bertz CT molecular complexity index is 1330. The van der Waals surface area contributed by atoms with Crippen LogP contribution in [0.4, 0.5) is 11.4 Å². The quantitative estimate of drug-likeness (QED) is 0.604. The minimum atomic E-state index is -0.406. The molecule has 3 aromatic rings. The molecule has 0 radical (unpaired) electrons. The standard InChI is InChI=1S/C27H23N3O4/c1-17(31)29-13-5-8-19-14-21(10-12-24(19)29)28-25(32)20-9-11-22-23(15-20)27(34)30(26(22)33)16-18-6-3-2-4-7-18/h2-4,6-7,9-12,14-15H,5,8,13,16H2,1H3,(H,28,32). The van der Waals surface area contributed by atoms with Crippen LogP contribution < -0.4 is 10.2 Å². The molecule has 0 aromatic heterocycles. The summed E-state index contributed by atoms with van der Waals surface area (Å²) in [6.45, 7) is 2.42. The van der Waals surface area contributed by atoms with Crippen LogP contribution in [0.1, 0.15) is 55.5 Å². The molecular weight excluding hydrogens is 430 g/mol. The monoisotopic (exact) mass is 453 g/mol. The van der Waals surface area contributed by atoms with E-state index in [0.29, 0.717) is 23.4 Å². The number of imide groups is 1. The number of rotatable bonds is 4. The van der Waals surface area contributed by atoms with Crippen LogP contribution in [0.25, 0.3) is 0 Å². The van der Waals surface area contributed by atoms with Gasteiger partial charge in [0.15, 0.2) is 0 Å². The summed E-state index contributed by atoms with van der Waals surface area (Å²) in [5.41, 5.74) is 4.17. The molecule has 0 aliphatic carbocycles. The van der Waals surface area contributed by atoms with Gasteiger partial charge in [0.05, 0.1) is 17.7 Å². The Morgan fingerprint density at radius 3 is 2.44 bits per heavy atom. The predicted octanol–water partition coefficient (Wildman–Crippen LogP) is 4.03. The predicted molar refractivity (Wildman–Crippen MR) is 128 cm³/mol. The number of benzene rings is 3. The molecule has 0 saturated carbocycles. The van der Waals surface area contributed by atoms with Gasteiger partial charge in [-0.15, -0.1) is 0 Å². The van der Waals surface area contributed by atoms with Crippen molar-refractivity contribution in [1.29, 1.82) is 0 Å². The second-order valence-corrected chi connectivity index (χ2v) is 8.51. The molecule has 1 N–H and O–H groups in total. The molecule has 2 aliphatic heterocycles. The fraction of sp³-hybridized carbons (Fsp3) is 0.185. The third-order valence-electron chi connectivity index (χ3n) is 6.25. The van der Waals surface area contributed by atoms with Gasteiger partial charge < -0.3 is 10.2 Å². The van der Waals surface area contributed by atoms with Crippen molar-refractivity contribution < 1.29 is 19.2 Å². The highest BCUT2D eigenvalue weighted by Gasteiger charge is 2.36. The van der Waals surface area contributed by atoms with Crippen LogP contribution in [0.5, 0.6) is 0 Å². The lowest BCUT2D eigenvalue weighted by atomic mass is 10.0. The van der Waals surface area contributed by atoms with Crippen LogP contribution in [0, 0.1) is 0 Å². The molecule has 0 bridgehead atoms. The minimum Gasteiger partial charge on any atom is -0.322 e. The van der Waals surface area contributed by atoms with Crippen molar-refractivity contribution in [2.24, 2.45) is 0 Å². The number of nitrogens with one attached hydrogen (secondary N) is 1. The second-order valence-electron chi connectivity index (χ2n) is 8.51. The van der Waals surface area contributed by atoms with Gasteiger partial charge in [-0.1, -0.05) is 30.3 Å². The van der Waals surface area contributed by atoms with E-state index in [2.05, 4.69) is 5.32 Å². The maximum absolute atomic E-state index is 12.9. The molecular formula is C27H23N3O4. The van der Waals surface area contributed by atoms with E-state index < -0.39 is 5.91 Å². The van der Waals surface area contributed by atoms with E-state index in [0.717, 1.165) is 29.7 Å². The lowest BCUT2D eigenvalue weighted by Gasteiger charge is -2.29. The fourth-order valence-electron chi connectivity index (χ4n) is 4.55. The number of amides is 4. The van der Waals surface area contributed by atoms with E-state index in [1.165, 1.54) is 17.0 Å². The first-order chi connectivity index (χ1) is 16.4. The molecule has 7 heteroatoms. The van der Waals surface area contributed by atoms with Crippen LogP contribution >= 0.6 is 0 Å². The summed E-state index contributed by atoms with van der Waals surface area (Å²) in [6, 6.07) is 19.4. The summed E-state index contributed by atoms with van der Waals surface area (Å²) in [5.74, 6) is -1.14. The maximum atomic E-state index is 12.9. The van der Waals surface area contributed by atoms with Gasteiger partial charge in [-0.05, 0) is 60.4 Å². The summed E-state index contributed by atoms with van der Waals surface area (Å²) in [7, 11) is 0. The highest BCUT2D eigenvalue weighted by atomic mass is 16.2. The zero-order chi connectivity index (χ0) is 23.8. The molecule has 2 aliphatic rings. The van der Waals surface area contributed by atoms with Gasteiger partial charge in [0.25, 0.3) is 17.7 Å². The lowest BCUT2D eigenvalue weighted by Crippen LogP contribution is -2.33. The Morgan fingerprint density at radius 1 is 0.912 bits per heavy atom. The smallest absolute Gasteiger partial charge is 0.261 e. The van der Waals surface area contributed by atoms with Crippen molar-refractivity contribution in [1.82, 2.24) is 4.90 Å². The first-order valence-electron chi connectivity index (χ1n) is 11.2. The molecule has 0 atom stereocenters. The van der Waals surface area contributed by atoms with Gasteiger partial charge in [0.2, 0.25) is 5.91 Å². The Hall–Kier alpha value is -4.26. The van der Waals surface area contributed by atoms with Gasteiger partial charge in [0.1, 0.15) is 0 Å². The van der Waals surface area contributed by atoms with Crippen molar-refractivity contribution >= 4 is 35.0 Å². The van der Waals surface area contributed by atoms with Crippen LogP contribution in [-0.2, 0) is 17.8 Å². The molecule has 0 spiro atoms. The number of nitrogens with zero attached hydrogens (tertiary/aromatic N) is 2. The maximum Gasteiger partial charge on any atom is 0.261 e. The number of carbonyl (C=O) groups is 4. The Morgan fingerprint density at radius 2 is 1.68 bits per heavy atom. The van der Waals surface area contributed by atoms with E-state index in [1.807, 2.05) is 42.5 Å². The van der Waals surface area contributed by atoms with Gasteiger partial charge in [-0.25, -0.2) is 0 Å². The number of carbonyl (C=O) groups excluding carboxylic acids is 4. The Kier molecular flexibility index (Phi) is 5.45. The van der Waals surface area contributed by atoms with E-state index in [-0.39, 0.29) is 29.8 Å². The zero-order valence-corrected chi connectivity index (χ0v) is 18.7. The van der Waals surface area contributed by atoms with E-state index in [4.69, 9.17) is 0 Å². The molecule has 0 unspecified atom stereocenters. The Balaban J connectivity index is 1.35. The summed E-state index contributed by atoms with van der Waals surface area (Å²) in [4.78, 5) is 53.5. The molecule has 2 heterocycles.